The third-order valence-electron chi connectivity index (χ3n) is 4.21. The highest BCUT2D eigenvalue weighted by Gasteiger charge is 2.70. The van der Waals surface area contributed by atoms with Gasteiger partial charge in [0.25, 0.3) is 0 Å². The van der Waals surface area contributed by atoms with Crippen molar-refractivity contribution in [2.24, 2.45) is 10.8 Å². The Hall–Kier alpha value is -0.570. The van der Waals surface area contributed by atoms with E-state index in [1.165, 1.54) is 19.3 Å². The number of carboxylic acid groups (broad SMARTS) is 1. The first kappa shape index (κ1) is 10.9. The zero-order valence-corrected chi connectivity index (χ0v) is 9.17. The van der Waals surface area contributed by atoms with Crippen LogP contribution >= 0.6 is 0 Å². The fourth-order valence-electron chi connectivity index (χ4n) is 3.46. The zero-order chi connectivity index (χ0) is 10.9. The molecule has 3 fully saturated rings. The molecule has 0 aromatic carbocycles. The molecule has 15 heavy (non-hydrogen) atoms. The van der Waals surface area contributed by atoms with Crippen LogP contribution < -0.4 is 0 Å². The summed E-state index contributed by atoms with van der Waals surface area (Å²) in [5, 5.41) is 17.6. The summed E-state index contributed by atoms with van der Waals surface area (Å²) < 4.78 is 0. The summed E-state index contributed by atoms with van der Waals surface area (Å²) in [7, 11) is 0. The van der Waals surface area contributed by atoms with Gasteiger partial charge in [-0.05, 0) is 37.5 Å². The number of hydrogen-bond acceptors (Lipinski definition) is 2. The molecule has 3 saturated carbocycles. The molecule has 3 aliphatic rings. The van der Waals surface area contributed by atoms with E-state index in [4.69, 9.17) is 10.2 Å². The van der Waals surface area contributed by atoms with Crippen molar-refractivity contribution in [1.29, 1.82) is 0 Å². The molecular formula is C12H20O3. The molecule has 0 aromatic heterocycles. The highest BCUT2D eigenvalue weighted by molar-refractivity contribution is 5.79. The van der Waals surface area contributed by atoms with Gasteiger partial charge in [0.15, 0.2) is 0 Å². The van der Waals surface area contributed by atoms with Crippen molar-refractivity contribution >= 4 is 5.97 Å². The molecule has 3 rings (SSSR count). The van der Waals surface area contributed by atoms with E-state index < -0.39 is 5.97 Å². The molecule has 0 saturated heterocycles. The Kier molecular flexibility index (Phi) is 2.75. The van der Waals surface area contributed by atoms with Gasteiger partial charge in [-0.3, -0.25) is 4.79 Å². The Morgan fingerprint density at radius 2 is 1.67 bits per heavy atom. The van der Waals surface area contributed by atoms with Crippen LogP contribution in [0.2, 0.25) is 0 Å². The smallest absolute Gasteiger partial charge is 0.309 e. The van der Waals surface area contributed by atoms with Crippen LogP contribution in [0.1, 0.15) is 51.4 Å². The van der Waals surface area contributed by atoms with Crippen LogP contribution in [-0.2, 0) is 4.79 Å². The number of unbranched alkanes of at least 4 members (excludes halogenated alkanes) is 3. The van der Waals surface area contributed by atoms with Crippen LogP contribution in [0, 0.1) is 10.8 Å². The van der Waals surface area contributed by atoms with Gasteiger partial charge in [-0.25, -0.2) is 0 Å². The van der Waals surface area contributed by atoms with E-state index in [-0.39, 0.29) is 5.41 Å². The van der Waals surface area contributed by atoms with Gasteiger partial charge in [-0.2, -0.15) is 0 Å². The first-order chi connectivity index (χ1) is 7.13. The maximum atomic E-state index is 10.9. The fraction of sp³-hybridized carbons (Fsp3) is 0.917. The minimum atomic E-state index is -0.579. The fourth-order valence-corrected chi connectivity index (χ4v) is 3.46. The number of aliphatic hydroxyl groups excluding tert-OH is 1. The Balaban J connectivity index is 1.59. The lowest BCUT2D eigenvalue weighted by atomic mass is 9.34. The largest absolute Gasteiger partial charge is 0.481 e. The van der Waals surface area contributed by atoms with Crippen LogP contribution in [0.4, 0.5) is 0 Å². The lowest BCUT2D eigenvalue weighted by Crippen LogP contribution is -2.65. The quantitative estimate of drug-likeness (QED) is 0.636. The summed E-state index contributed by atoms with van der Waals surface area (Å²) in [5.74, 6) is -0.579. The summed E-state index contributed by atoms with van der Waals surface area (Å²) in [6.45, 7) is 0.299. The van der Waals surface area contributed by atoms with Crippen molar-refractivity contribution in [2.45, 2.75) is 51.4 Å². The first-order valence-electron chi connectivity index (χ1n) is 5.97. The molecule has 3 aliphatic carbocycles. The molecule has 3 nitrogen and oxygen atoms in total. The molecule has 0 aliphatic heterocycles. The maximum Gasteiger partial charge on any atom is 0.309 e. The van der Waals surface area contributed by atoms with Gasteiger partial charge in [0.05, 0.1) is 5.41 Å². The molecule has 0 unspecified atom stereocenters. The normalized spacial score (nSPS) is 36.9. The SMILES string of the molecule is O=C(O)C12CC(CCCCCCO)(C1)C2. The monoisotopic (exact) mass is 212 g/mol. The topological polar surface area (TPSA) is 57.5 Å². The van der Waals surface area contributed by atoms with Gasteiger partial charge in [0.2, 0.25) is 0 Å². The predicted molar refractivity (Wildman–Crippen MR) is 56.5 cm³/mol. The van der Waals surface area contributed by atoms with E-state index >= 15 is 0 Å². The van der Waals surface area contributed by atoms with E-state index in [0.717, 1.165) is 32.1 Å². The summed E-state index contributed by atoms with van der Waals surface area (Å²) in [4.78, 5) is 10.9. The zero-order valence-electron chi connectivity index (χ0n) is 9.17. The number of carbonyl (C=O) groups is 1. The molecule has 0 amide bonds. The molecule has 2 bridgehead atoms. The second-order valence-corrected chi connectivity index (χ2v) is 5.50. The molecular weight excluding hydrogens is 192 g/mol. The number of carboxylic acids is 1. The highest BCUT2D eigenvalue weighted by Crippen LogP contribution is 2.75. The Morgan fingerprint density at radius 3 is 2.20 bits per heavy atom. The number of hydrogen-bond donors (Lipinski definition) is 2. The Morgan fingerprint density at radius 1 is 1.07 bits per heavy atom. The van der Waals surface area contributed by atoms with Gasteiger partial charge in [0.1, 0.15) is 0 Å². The maximum absolute atomic E-state index is 10.9. The van der Waals surface area contributed by atoms with Crippen molar-refractivity contribution in [3.8, 4) is 0 Å². The van der Waals surface area contributed by atoms with E-state index in [1.807, 2.05) is 0 Å². The molecule has 0 heterocycles. The minimum Gasteiger partial charge on any atom is -0.481 e. The first-order valence-corrected chi connectivity index (χ1v) is 5.97. The van der Waals surface area contributed by atoms with Crippen LogP contribution in [0.5, 0.6) is 0 Å². The lowest BCUT2D eigenvalue weighted by Gasteiger charge is -2.68. The van der Waals surface area contributed by atoms with Gasteiger partial charge in [-0.15, -0.1) is 0 Å². The van der Waals surface area contributed by atoms with E-state index in [9.17, 15) is 4.79 Å². The summed E-state index contributed by atoms with van der Waals surface area (Å²) >= 11 is 0. The lowest BCUT2D eigenvalue weighted by molar-refractivity contribution is -0.225. The molecule has 2 N–H and O–H groups in total. The van der Waals surface area contributed by atoms with Crippen molar-refractivity contribution < 1.29 is 15.0 Å². The molecule has 3 heteroatoms. The van der Waals surface area contributed by atoms with Gasteiger partial charge >= 0.3 is 5.97 Å². The van der Waals surface area contributed by atoms with Crippen LogP contribution in [0.3, 0.4) is 0 Å². The van der Waals surface area contributed by atoms with Crippen LogP contribution in [0.25, 0.3) is 0 Å². The van der Waals surface area contributed by atoms with E-state index in [2.05, 4.69) is 0 Å². The highest BCUT2D eigenvalue weighted by atomic mass is 16.4. The van der Waals surface area contributed by atoms with Crippen molar-refractivity contribution in [3.05, 3.63) is 0 Å². The molecule has 0 atom stereocenters. The van der Waals surface area contributed by atoms with Gasteiger partial charge in [0, 0.05) is 6.61 Å². The van der Waals surface area contributed by atoms with Crippen molar-refractivity contribution in [1.82, 2.24) is 0 Å². The average Bonchev–Trinajstić information content (AvgIpc) is 2.04. The second kappa shape index (κ2) is 3.78. The van der Waals surface area contributed by atoms with Crippen LogP contribution in [-0.4, -0.2) is 22.8 Å². The van der Waals surface area contributed by atoms with E-state index in [0.29, 0.717) is 12.0 Å². The Labute approximate surface area is 90.5 Å². The Bertz CT molecular complexity index is 240. The minimum absolute atomic E-state index is 0.299. The number of aliphatic hydroxyl groups is 1. The van der Waals surface area contributed by atoms with Crippen molar-refractivity contribution in [3.63, 3.8) is 0 Å². The number of rotatable bonds is 7. The number of aliphatic carboxylic acids is 1. The van der Waals surface area contributed by atoms with Gasteiger partial charge < -0.3 is 10.2 Å². The molecule has 0 aromatic rings. The van der Waals surface area contributed by atoms with Crippen LogP contribution in [0.15, 0.2) is 0 Å². The third-order valence-corrected chi connectivity index (χ3v) is 4.21. The third kappa shape index (κ3) is 1.78. The van der Waals surface area contributed by atoms with E-state index in [1.54, 1.807) is 0 Å². The van der Waals surface area contributed by atoms with Crippen molar-refractivity contribution in [2.75, 3.05) is 6.61 Å². The summed E-state index contributed by atoms with van der Waals surface area (Å²) in [6.07, 6.45) is 8.38. The second-order valence-electron chi connectivity index (χ2n) is 5.50. The average molecular weight is 212 g/mol. The molecule has 0 radical (unpaired) electrons. The molecule has 0 spiro atoms. The summed E-state index contributed by atoms with van der Waals surface area (Å²) in [5.41, 5.74) is 0.114. The van der Waals surface area contributed by atoms with Gasteiger partial charge in [-0.1, -0.05) is 19.3 Å². The standard InChI is InChI=1S/C12H20O3/c13-6-4-2-1-3-5-11-7-12(8-11,9-11)10(14)15/h13H,1-9H2,(H,14,15). The molecule has 86 valence electrons. The summed E-state index contributed by atoms with van der Waals surface area (Å²) in [6, 6.07) is 0. The predicted octanol–water partition coefficient (Wildman–Crippen LogP) is 2.18.